The number of rotatable bonds is 17. The Kier molecular flexibility index (Phi) is 12.9. The number of alkyl halides is 2. The van der Waals surface area contributed by atoms with E-state index < -0.39 is 12.3 Å². The fourth-order valence-electron chi connectivity index (χ4n) is 3.64. The summed E-state index contributed by atoms with van der Waals surface area (Å²) in [6.07, 6.45) is 13.2. The lowest BCUT2D eigenvalue weighted by Crippen LogP contribution is -2.15. The van der Waals surface area contributed by atoms with Gasteiger partial charge in [-0.15, -0.1) is 0 Å². The highest BCUT2D eigenvalue weighted by atomic mass is 19.1. The zero-order valence-electron chi connectivity index (χ0n) is 19.9. The Morgan fingerprint density at radius 2 is 1.38 bits per heavy atom. The lowest BCUT2D eigenvalue weighted by molar-refractivity contribution is 0.168. The van der Waals surface area contributed by atoms with Crippen LogP contribution in [0.5, 0.6) is 5.75 Å². The first-order valence-corrected chi connectivity index (χ1v) is 12.4. The Labute approximate surface area is 193 Å². The number of ether oxygens (including phenoxy) is 1. The molecular formula is C27H40F2N2O. The molecule has 0 saturated heterocycles. The molecule has 0 saturated carbocycles. The van der Waals surface area contributed by atoms with Crippen molar-refractivity contribution >= 4 is 0 Å². The van der Waals surface area contributed by atoms with Crippen LogP contribution in [0, 0.1) is 0 Å². The van der Waals surface area contributed by atoms with Crippen LogP contribution in [0.25, 0.3) is 11.4 Å². The van der Waals surface area contributed by atoms with Gasteiger partial charge >= 0.3 is 0 Å². The van der Waals surface area contributed by atoms with Crippen molar-refractivity contribution in [2.75, 3.05) is 6.61 Å². The van der Waals surface area contributed by atoms with Crippen molar-refractivity contribution in [2.24, 2.45) is 0 Å². The van der Waals surface area contributed by atoms with Gasteiger partial charge in [0, 0.05) is 18.0 Å². The van der Waals surface area contributed by atoms with Crippen molar-refractivity contribution in [3.63, 3.8) is 0 Å². The predicted octanol–water partition coefficient (Wildman–Crippen LogP) is 8.07. The molecule has 0 spiro atoms. The summed E-state index contributed by atoms with van der Waals surface area (Å²) in [4.78, 5) is 8.99. The molecule has 0 aliphatic heterocycles. The van der Waals surface area contributed by atoms with Crippen LogP contribution in [0.2, 0.25) is 0 Å². The number of benzene rings is 1. The van der Waals surface area contributed by atoms with Crippen LogP contribution in [-0.4, -0.2) is 28.9 Å². The highest BCUT2D eigenvalue weighted by molar-refractivity contribution is 5.55. The Hall–Kier alpha value is -2.04. The number of nitrogens with zero attached hydrogens (tertiary/aromatic N) is 2. The topological polar surface area (TPSA) is 35.0 Å². The van der Waals surface area contributed by atoms with E-state index in [1.807, 2.05) is 31.5 Å². The van der Waals surface area contributed by atoms with E-state index in [9.17, 15) is 8.78 Å². The third-order valence-electron chi connectivity index (χ3n) is 5.73. The summed E-state index contributed by atoms with van der Waals surface area (Å²) in [6.45, 7) is 4.21. The molecule has 0 fully saturated rings. The number of aryl methyl sites for hydroxylation is 1. The van der Waals surface area contributed by atoms with E-state index in [0.717, 1.165) is 24.8 Å². The number of hydrogen-bond donors (Lipinski definition) is 0. The van der Waals surface area contributed by atoms with Crippen LogP contribution in [0.3, 0.4) is 0 Å². The van der Waals surface area contributed by atoms with Gasteiger partial charge in [0.1, 0.15) is 24.7 Å². The number of halogens is 2. The monoisotopic (exact) mass is 446 g/mol. The molecule has 0 aliphatic rings. The van der Waals surface area contributed by atoms with Gasteiger partial charge < -0.3 is 4.74 Å². The average molecular weight is 447 g/mol. The zero-order valence-corrected chi connectivity index (χ0v) is 19.9. The highest BCUT2D eigenvalue weighted by Crippen LogP contribution is 2.21. The lowest BCUT2D eigenvalue weighted by atomic mass is 10.1. The van der Waals surface area contributed by atoms with Gasteiger partial charge in [-0.1, -0.05) is 58.8 Å². The van der Waals surface area contributed by atoms with Gasteiger partial charge in [0.15, 0.2) is 5.82 Å². The molecule has 2 atom stereocenters. The van der Waals surface area contributed by atoms with E-state index in [4.69, 9.17) is 4.74 Å². The Morgan fingerprint density at radius 3 is 2.06 bits per heavy atom. The summed E-state index contributed by atoms with van der Waals surface area (Å²) in [7, 11) is 0. The van der Waals surface area contributed by atoms with Crippen LogP contribution >= 0.6 is 0 Å². The maximum absolute atomic E-state index is 14.0. The molecule has 2 unspecified atom stereocenters. The summed E-state index contributed by atoms with van der Waals surface area (Å²) in [5.41, 5.74) is 2.07. The minimum absolute atomic E-state index is 0.0521. The number of unbranched alkanes of at least 4 members (excludes halogenated alkanes) is 6. The summed E-state index contributed by atoms with van der Waals surface area (Å²) in [5.74, 6) is 1.27. The van der Waals surface area contributed by atoms with Gasteiger partial charge in [-0.05, 0) is 61.9 Å². The van der Waals surface area contributed by atoms with E-state index in [2.05, 4.69) is 16.9 Å². The maximum atomic E-state index is 14.0. The van der Waals surface area contributed by atoms with Gasteiger partial charge in [0.2, 0.25) is 0 Å². The van der Waals surface area contributed by atoms with Gasteiger partial charge in [-0.3, -0.25) is 0 Å². The summed E-state index contributed by atoms with van der Waals surface area (Å²) in [6, 6.07) is 7.37. The van der Waals surface area contributed by atoms with Crippen molar-refractivity contribution in [2.45, 2.75) is 103 Å². The molecule has 0 bridgehead atoms. The van der Waals surface area contributed by atoms with Crippen molar-refractivity contribution in [3.8, 4) is 17.1 Å². The SMILES string of the molecule is CCCCCCCCc1cnc(-c2ccc(OCC(F)CCC(F)CCCC)cc2)nc1. The molecule has 2 aromatic rings. The van der Waals surface area contributed by atoms with E-state index in [-0.39, 0.29) is 19.4 Å². The van der Waals surface area contributed by atoms with Crippen molar-refractivity contribution in [1.82, 2.24) is 9.97 Å². The molecule has 1 aromatic carbocycles. The van der Waals surface area contributed by atoms with Gasteiger partial charge in [-0.25, -0.2) is 18.7 Å². The maximum Gasteiger partial charge on any atom is 0.159 e. The highest BCUT2D eigenvalue weighted by Gasteiger charge is 2.13. The first-order valence-electron chi connectivity index (χ1n) is 12.4. The van der Waals surface area contributed by atoms with E-state index in [0.29, 0.717) is 18.0 Å². The van der Waals surface area contributed by atoms with Gasteiger partial charge in [0.25, 0.3) is 0 Å². The molecule has 0 radical (unpaired) electrons. The first-order chi connectivity index (χ1) is 15.6. The lowest BCUT2D eigenvalue weighted by Gasteiger charge is -2.12. The molecular weight excluding hydrogens is 406 g/mol. The van der Waals surface area contributed by atoms with E-state index in [1.165, 1.54) is 44.1 Å². The second kappa shape index (κ2) is 15.7. The summed E-state index contributed by atoms with van der Waals surface area (Å²) < 4.78 is 33.2. The fourth-order valence-corrected chi connectivity index (χ4v) is 3.64. The van der Waals surface area contributed by atoms with Crippen LogP contribution in [-0.2, 0) is 6.42 Å². The number of aromatic nitrogens is 2. The second-order valence-corrected chi connectivity index (χ2v) is 8.68. The first kappa shape index (κ1) is 26.2. The summed E-state index contributed by atoms with van der Waals surface area (Å²) in [5, 5.41) is 0. The molecule has 3 nitrogen and oxygen atoms in total. The average Bonchev–Trinajstić information content (AvgIpc) is 2.83. The fraction of sp³-hybridized carbons (Fsp3) is 0.630. The van der Waals surface area contributed by atoms with Crippen molar-refractivity contribution in [1.29, 1.82) is 0 Å². The van der Waals surface area contributed by atoms with Gasteiger partial charge in [0.05, 0.1) is 0 Å². The minimum Gasteiger partial charge on any atom is -0.491 e. The minimum atomic E-state index is -1.16. The standard InChI is InChI=1S/C27H40F2N2O/c1-3-5-7-8-9-10-11-22-19-30-27(31-20-22)23-13-17-26(18-14-23)32-21-25(29)16-15-24(28)12-6-4-2/h13-14,17-20,24-25H,3-12,15-16,21H2,1-2H3. The Balaban J connectivity index is 1.71. The van der Waals surface area contributed by atoms with E-state index >= 15 is 0 Å². The van der Waals surface area contributed by atoms with Crippen LogP contribution in [0.15, 0.2) is 36.7 Å². The Bertz CT molecular complexity index is 721. The normalized spacial score (nSPS) is 13.1. The third kappa shape index (κ3) is 10.5. The van der Waals surface area contributed by atoms with Crippen molar-refractivity contribution < 1.29 is 13.5 Å². The van der Waals surface area contributed by atoms with Crippen LogP contribution in [0.4, 0.5) is 8.78 Å². The molecule has 1 heterocycles. The predicted molar refractivity (Wildman–Crippen MR) is 129 cm³/mol. The molecule has 32 heavy (non-hydrogen) atoms. The van der Waals surface area contributed by atoms with Gasteiger partial charge in [-0.2, -0.15) is 0 Å². The smallest absolute Gasteiger partial charge is 0.159 e. The van der Waals surface area contributed by atoms with Crippen LogP contribution < -0.4 is 4.74 Å². The largest absolute Gasteiger partial charge is 0.491 e. The molecule has 5 heteroatoms. The quantitative estimate of drug-likeness (QED) is 0.230. The molecule has 178 valence electrons. The van der Waals surface area contributed by atoms with Crippen LogP contribution in [0.1, 0.15) is 90.0 Å². The Morgan fingerprint density at radius 1 is 0.750 bits per heavy atom. The second-order valence-electron chi connectivity index (χ2n) is 8.68. The molecule has 1 aromatic heterocycles. The third-order valence-corrected chi connectivity index (χ3v) is 5.73. The molecule has 2 rings (SSSR count). The summed E-state index contributed by atoms with van der Waals surface area (Å²) >= 11 is 0. The zero-order chi connectivity index (χ0) is 23.0. The van der Waals surface area contributed by atoms with E-state index in [1.54, 1.807) is 12.1 Å². The van der Waals surface area contributed by atoms with Crippen molar-refractivity contribution in [3.05, 3.63) is 42.2 Å². The molecule has 0 aliphatic carbocycles. The molecule has 0 N–H and O–H groups in total. The number of hydrogen-bond acceptors (Lipinski definition) is 3. The molecule has 0 amide bonds.